The average Bonchev–Trinajstić information content (AvgIpc) is 3.36. The van der Waals surface area contributed by atoms with Crippen LogP contribution < -0.4 is 10.1 Å². The van der Waals surface area contributed by atoms with Crippen LogP contribution in [0.25, 0.3) is 23.1 Å². The molecule has 1 amide bonds. The number of carbonyl (C=O) groups excluding carboxylic acids is 1. The topological polar surface area (TPSA) is 92.8 Å². The molecule has 0 saturated heterocycles. The standard InChI is InChI=1S/C18H17N5O2/c1-25-17-13(18(24)21-11-2-3-11)5-7-15-16(17)14(22-23-15)6-4-12-10-19-8-9-20-12/h4-11H,2-3H2,1H3,(H,21,24)(H,22,23). The zero-order valence-corrected chi connectivity index (χ0v) is 13.7. The summed E-state index contributed by atoms with van der Waals surface area (Å²) in [5, 5.41) is 11.0. The zero-order chi connectivity index (χ0) is 17.2. The monoisotopic (exact) mass is 335 g/mol. The highest BCUT2D eigenvalue weighted by Crippen LogP contribution is 2.32. The van der Waals surface area contributed by atoms with E-state index < -0.39 is 0 Å². The Morgan fingerprint density at radius 3 is 2.92 bits per heavy atom. The third kappa shape index (κ3) is 3.08. The summed E-state index contributed by atoms with van der Waals surface area (Å²) in [6.07, 6.45) is 10.7. The highest BCUT2D eigenvalue weighted by molar-refractivity contribution is 6.05. The maximum absolute atomic E-state index is 12.5. The smallest absolute Gasteiger partial charge is 0.255 e. The number of H-pyrrole nitrogens is 1. The van der Waals surface area contributed by atoms with Crippen molar-refractivity contribution >= 4 is 29.0 Å². The van der Waals surface area contributed by atoms with Crippen LogP contribution in [0.4, 0.5) is 0 Å². The van der Waals surface area contributed by atoms with Gasteiger partial charge in [-0.25, -0.2) is 0 Å². The summed E-state index contributed by atoms with van der Waals surface area (Å²) in [7, 11) is 1.56. The predicted octanol–water partition coefficient (Wildman–Crippen LogP) is 2.42. The fourth-order valence-corrected chi connectivity index (χ4v) is 2.67. The van der Waals surface area contributed by atoms with E-state index in [9.17, 15) is 4.79 Å². The van der Waals surface area contributed by atoms with Crippen LogP contribution in [0.5, 0.6) is 5.75 Å². The van der Waals surface area contributed by atoms with Gasteiger partial charge in [0, 0.05) is 18.4 Å². The van der Waals surface area contributed by atoms with Crippen LogP contribution in [-0.4, -0.2) is 39.2 Å². The summed E-state index contributed by atoms with van der Waals surface area (Å²) in [5.74, 6) is 0.398. The molecule has 25 heavy (non-hydrogen) atoms. The minimum absolute atomic E-state index is 0.119. The van der Waals surface area contributed by atoms with Gasteiger partial charge >= 0.3 is 0 Å². The molecule has 0 spiro atoms. The van der Waals surface area contributed by atoms with Crippen molar-refractivity contribution in [2.24, 2.45) is 0 Å². The first-order chi connectivity index (χ1) is 12.3. The van der Waals surface area contributed by atoms with E-state index in [-0.39, 0.29) is 11.9 Å². The van der Waals surface area contributed by atoms with Crippen molar-refractivity contribution in [3.63, 3.8) is 0 Å². The number of fused-ring (bicyclic) bond motifs is 1. The lowest BCUT2D eigenvalue weighted by Crippen LogP contribution is -2.25. The molecule has 2 aromatic heterocycles. The maximum Gasteiger partial charge on any atom is 0.255 e. The quantitative estimate of drug-likeness (QED) is 0.747. The van der Waals surface area contributed by atoms with Crippen LogP contribution in [0.1, 0.15) is 34.6 Å². The molecule has 1 aromatic carbocycles. The Labute approximate surface area is 144 Å². The first-order valence-electron chi connectivity index (χ1n) is 8.06. The van der Waals surface area contributed by atoms with Crippen LogP contribution >= 0.6 is 0 Å². The molecule has 3 aromatic rings. The number of aromatic amines is 1. The SMILES string of the molecule is COc1c(C(=O)NC2CC2)ccc2n[nH]c(C=Cc3cnccn3)c12. The molecular weight excluding hydrogens is 318 g/mol. The van der Waals surface area contributed by atoms with Gasteiger partial charge in [-0.15, -0.1) is 0 Å². The van der Waals surface area contributed by atoms with Gasteiger partial charge in [0.25, 0.3) is 5.91 Å². The number of benzene rings is 1. The van der Waals surface area contributed by atoms with E-state index in [0.29, 0.717) is 11.3 Å². The van der Waals surface area contributed by atoms with Crippen LogP contribution in [0, 0.1) is 0 Å². The Morgan fingerprint density at radius 1 is 1.32 bits per heavy atom. The number of ether oxygens (including phenoxy) is 1. The first kappa shape index (κ1) is 15.3. The molecule has 0 atom stereocenters. The lowest BCUT2D eigenvalue weighted by molar-refractivity contribution is 0.0948. The summed E-state index contributed by atoms with van der Waals surface area (Å²) in [6.45, 7) is 0. The third-order valence-electron chi connectivity index (χ3n) is 4.07. The van der Waals surface area contributed by atoms with Crippen molar-refractivity contribution in [3.8, 4) is 5.75 Å². The van der Waals surface area contributed by atoms with Crippen molar-refractivity contribution in [1.29, 1.82) is 0 Å². The second-order valence-electron chi connectivity index (χ2n) is 5.89. The van der Waals surface area contributed by atoms with Gasteiger partial charge in [0.15, 0.2) is 0 Å². The molecule has 0 radical (unpaired) electrons. The first-order valence-corrected chi connectivity index (χ1v) is 8.06. The molecule has 0 bridgehead atoms. The average molecular weight is 335 g/mol. The summed E-state index contributed by atoms with van der Waals surface area (Å²) in [4.78, 5) is 20.7. The van der Waals surface area contributed by atoms with Crippen molar-refractivity contribution in [1.82, 2.24) is 25.5 Å². The molecular formula is C18H17N5O2. The largest absolute Gasteiger partial charge is 0.495 e. The Morgan fingerprint density at radius 2 is 2.20 bits per heavy atom. The lowest BCUT2D eigenvalue weighted by atomic mass is 10.1. The summed E-state index contributed by atoms with van der Waals surface area (Å²) < 4.78 is 5.55. The van der Waals surface area contributed by atoms with Crippen molar-refractivity contribution in [3.05, 3.63) is 47.7 Å². The third-order valence-corrected chi connectivity index (χ3v) is 4.07. The summed E-state index contributed by atoms with van der Waals surface area (Å²) in [5.41, 5.74) is 2.72. The van der Waals surface area contributed by atoms with Crippen molar-refractivity contribution in [2.75, 3.05) is 7.11 Å². The highest BCUT2D eigenvalue weighted by Gasteiger charge is 2.26. The lowest BCUT2D eigenvalue weighted by Gasteiger charge is -2.10. The summed E-state index contributed by atoms with van der Waals surface area (Å²) in [6, 6.07) is 3.85. The van der Waals surface area contributed by atoms with E-state index in [1.807, 2.05) is 18.2 Å². The van der Waals surface area contributed by atoms with E-state index in [1.165, 1.54) is 0 Å². The number of nitrogens with zero attached hydrogens (tertiary/aromatic N) is 3. The molecule has 1 aliphatic carbocycles. The zero-order valence-electron chi connectivity index (χ0n) is 13.7. The normalized spacial score (nSPS) is 14.1. The summed E-state index contributed by atoms with van der Waals surface area (Å²) >= 11 is 0. The molecule has 2 heterocycles. The van der Waals surface area contributed by atoms with Crippen LogP contribution in [-0.2, 0) is 0 Å². The van der Waals surface area contributed by atoms with Gasteiger partial charge in [-0.3, -0.25) is 19.9 Å². The van der Waals surface area contributed by atoms with Gasteiger partial charge in [-0.2, -0.15) is 5.10 Å². The van der Waals surface area contributed by atoms with E-state index in [2.05, 4.69) is 25.5 Å². The number of nitrogens with one attached hydrogen (secondary N) is 2. The minimum atomic E-state index is -0.119. The number of amides is 1. The Kier molecular flexibility index (Phi) is 3.89. The second-order valence-corrected chi connectivity index (χ2v) is 5.89. The molecule has 7 heteroatoms. The van der Waals surface area contributed by atoms with Gasteiger partial charge in [0.2, 0.25) is 0 Å². The molecule has 2 N–H and O–H groups in total. The van der Waals surface area contributed by atoms with E-state index in [1.54, 1.807) is 31.8 Å². The molecule has 1 saturated carbocycles. The molecule has 4 rings (SSSR count). The van der Waals surface area contributed by atoms with Gasteiger partial charge < -0.3 is 10.1 Å². The Bertz CT molecular complexity index is 945. The van der Waals surface area contributed by atoms with Crippen LogP contribution in [0.15, 0.2) is 30.7 Å². The van der Waals surface area contributed by atoms with E-state index in [0.717, 1.165) is 35.1 Å². The number of methoxy groups -OCH3 is 1. The van der Waals surface area contributed by atoms with Crippen molar-refractivity contribution < 1.29 is 9.53 Å². The molecule has 7 nitrogen and oxygen atoms in total. The van der Waals surface area contributed by atoms with Gasteiger partial charge in [-0.05, 0) is 37.1 Å². The predicted molar refractivity (Wildman–Crippen MR) is 94.1 cm³/mol. The van der Waals surface area contributed by atoms with Crippen molar-refractivity contribution in [2.45, 2.75) is 18.9 Å². The highest BCUT2D eigenvalue weighted by atomic mass is 16.5. The molecule has 1 fully saturated rings. The minimum Gasteiger partial charge on any atom is -0.495 e. The number of carbonyl (C=O) groups is 1. The van der Waals surface area contributed by atoms with Gasteiger partial charge in [0.05, 0.1) is 41.2 Å². The second kappa shape index (κ2) is 6.35. The van der Waals surface area contributed by atoms with Crippen LogP contribution in [0.2, 0.25) is 0 Å². The molecule has 0 aliphatic heterocycles. The van der Waals surface area contributed by atoms with E-state index >= 15 is 0 Å². The Hall–Kier alpha value is -3.22. The fourth-order valence-electron chi connectivity index (χ4n) is 2.67. The van der Waals surface area contributed by atoms with Crippen LogP contribution in [0.3, 0.4) is 0 Å². The number of rotatable bonds is 5. The van der Waals surface area contributed by atoms with E-state index in [4.69, 9.17) is 4.74 Å². The maximum atomic E-state index is 12.5. The fraction of sp³-hybridized carbons (Fsp3) is 0.222. The van der Waals surface area contributed by atoms with Gasteiger partial charge in [-0.1, -0.05) is 0 Å². The molecule has 0 unspecified atom stereocenters. The number of hydrogen-bond acceptors (Lipinski definition) is 5. The number of hydrogen-bond donors (Lipinski definition) is 2. The molecule has 1 aliphatic rings. The van der Waals surface area contributed by atoms with Gasteiger partial charge in [0.1, 0.15) is 5.75 Å². The Balaban J connectivity index is 1.75. The number of aromatic nitrogens is 4. The molecule has 126 valence electrons.